The SMILES string of the molecule is Cc1cccc(-c2nc3ccc(-c4cc(S(=O)(=O)O)c5[nH]c(C)nc5c4)c(S(=O)(=O)O)c3[nH]2)c1. The Morgan fingerprint density at radius 1 is 0.765 bits per heavy atom. The quantitative estimate of drug-likeness (QED) is 0.271. The molecule has 3 aromatic carbocycles. The van der Waals surface area contributed by atoms with Crippen molar-refractivity contribution in [3.8, 4) is 22.5 Å². The molecular weight excluding hydrogens is 480 g/mol. The predicted molar refractivity (Wildman–Crippen MR) is 126 cm³/mol. The molecule has 0 saturated heterocycles. The van der Waals surface area contributed by atoms with Crippen molar-refractivity contribution in [1.82, 2.24) is 19.9 Å². The number of H-pyrrole nitrogens is 2. The molecule has 0 atom stereocenters. The molecule has 34 heavy (non-hydrogen) atoms. The molecule has 0 amide bonds. The van der Waals surface area contributed by atoms with Gasteiger partial charge in [0.25, 0.3) is 20.2 Å². The summed E-state index contributed by atoms with van der Waals surface area (Å²) < 4.78 is 69.0. The number of aryl methyl sites for hydroxylation is 2. The van der Waals surface area contributed by atoms with Crippen molar-refractivity contribution in [3.05, 3.63) is 59.9 Å². The van der Waals surface area contributed by atoms with Gasteiger partial charge in [0.15, 0.2) is 0 Å². The number of hydrogen-bond donors (Lipinski definition) is 4. The van der Waals surface area contributed by atoms with Crippen LogP contribution in [0, 0.1) is 13.8 Å². The Morgan fingerprint density at radius 2 is 1.53 bits per heavy atom. The molecule has 0 saturated carbocycles. The molecule has 0 aliphatic carbocycles. The van der Waals surface area contributed by atoms with Gasteiger partial charge in [-0.3, -0.25) is 9.11 Å². The molecule has 5 rings (SSSR count). The Labute approximate surface area is 194 Å². The molecule has 0 radical (unpaired) electrons. The van der Waals surface area contributed by atoms with Crippen molar-refractivity contribution in [2.45, 2.75) is 23.6 Å². The number of imidazole rings is 2. The fourth-order valence-electron chi connectivity index (χ4n) is 4.04. The average Bonchev–Trinajstić information content (AvgIpc) is 3.33. The van der Waals surface area contributed by atoms with Crippen molar-refractivity contribution in [2.75, 3.05) is 0 Å². The summed E-state index contributed by atoms with van der Waals surface area (Å²) in [7, 11) is -9.47. The maximum Gasteiger partial charge on any atom is 0.297 e. The van der Waals surface area contributed by atoms with Crippen LogP contribution in [-0.2, 0) is 20.2 Å². The molecule has 0 spiro atoms. The highest BCUT2D eigenvalue weighted by molar-refractivity contribution is 7.86. The first kappa shape index (κ1) is 22.2. The van der Waals surface area contributed by atoms with E-state index in [4.69, 9.17) is 0 Å². The van der Waals surface area contributed by atoms with Crippen LogP contribution >= 0.6 is 0 Å². The van der Waals surface area contributed by atoms with E-state index < -0.39 is 30.0 Å². The minimum atomic E-state index is -4.79. The van der Waals surface area contributed by atoms with E-state index in [-0.39, 0.29) is 27.7 Å². The van der Waals surface area contributed by atoms with Gasteiger partial charge < -0.3 is 9.97 Å². The molecule has 0 unspecified atom stereocenters. The molecule has 0 fully saturated rings. The van der Waals surface area contributed by atoms with Gasteiger partial charge in [-0.1, -0.05) is 29.8 Å². The first-order valence-corrected chi connectivity index (χ1v) is 12.9. The maximum atomic E-state index is 12.5. The number of rotatable bonds is 4. The lowest BCUT2D eigenvalue weighted by Crippen LogP contribution is -2.04. The van der Waals surface area contributed by atoms with Gasteiger partial charge >= 0.3 is 0 Å². The molecular formula is C22H18N4O6S2. The van der Waals surface area contributed by atoms with Gasteiger partial charge in [-0.25, -0.2) is 9.97 Å². The fraction of sp³-hybridized carbons (Fsp3) is 0.0909. The number of nitrogens with one attached hydrogen (secondary N) is 2. The minimum absolute atomic E-state index is 0.0156. The van der Waals surface area contributed by atoms with Crippen molar-refractivity contribution in [2.24, 2.45) is 0 Å². The molecule has 12 heteroatoms. The van der Waals surface area contributed by atoms with Gasteiger partial charge in [-0.15, -0.1) is 0 Å². The highest BCUT2D eigenvalue weighted by Crippen LogP contribution is 2.37. The van der Waals surface area contributed by atoms with Crippen LogP contribution in [0.2, 0.25) is 0 Å². The highest BCUT2D eigenvalue weighted by Gasteiger charge is 2.26. The van der Waals surface area contributed by atoms with Crippen molar-refractivity contribution in [1.29, 1.82) is 0 Å². The molecule has 2 aromatic heterocycles. The zero-order valence-corrected chi connectivity index (χ0v) is 19.5. The Hall–Kier alpha value is -3.58. The number of hydrogen-bond acceptors (Lipinski definition) is 6. The van der Waals surface area contributed by atoms with Crippen LogP contribution in [-0.4, -0.2) is 45.9 Å². The molecule has 0 bridgehead atoms. The van der Waals surface area contributed by atoms with E-state index in [1.165, 1.54) is 12.1 Å². The number of benzene rings is 3. The van der Waals surface area contributed by atoms with Gasteiger partial charge in [0, 0.05) is 11.1 Å². The molecule has 2 heterocycles. The Kier molecular flexibility index (Phi) is 4.88. The summed E-state index contributed by atoms with van der Waals surface area (Å²) in [5.74, 6) is 0.802. The van der Waals surface area contributed by atoms with E-state index in [0.717, 1.165) is 17.2 Å². The summed E-state index contributed by atoms with van der Waals surface area (Å²) in [6.07, 6.45) is 0. The summed E-state index contributed by atoms with van der Waals surface area (Å²) in [5, 5.41) is 0. The lowest BCUT2D eigenvalue weighted by atomic mass is 10.0. The van der Waals surface area contributed by atoms with Crippen LogP contribution in [0.5, 0.6) is 0 Å². The standard InChI is InChI=1S/C22H18N4O6S2/c1-11-4-3-5-13(8-11)22-25-16-7-6-15(21(20(16)26-22)34(30,31)32)14-9-17-19(24-12(2)23-17)18(10-14)33(27,28)29/h3-10H,1-2H3,(H,23,24)(H,25,26)(H,27,28,29)(H,30,31,32). The molecule has 10 nitrogen and oxygen atoms in total. The number of aromatic amines is 2. The second-order valence-electron chi connectivity index (χ2n) is 7.93. The molecule has 174 valence electrons. The van der Waals surface area contributed by atoms with Gasteiger partial charge in [-0.2, -0.15) is 16.8 Å². The van der Waals surface area contributed by atoms with Crippen LogP contribution in [0.15, 0.2) is 58.3 Å². The van der Waals surface area contributed by atoms with Gasteiger partial charge in [0.05, 0.1) is 22.1 Å². The van der Waals surface area contributed by atoms with E-state index >= 15 is 0 Å². The van der Waals surface area contributed by atoms with Crippen LogP contribution in [0.1, 0.15) is 11.4 Å². The molecule has 0 aliphatic rings. The van der Waals surface area contributed by atoms with Crippen molar-refractivity contribution in [3.63, 3.8) is 0 Å². The molecule has 5 aromatic rings. The monoisotopic (exact) mass is 498 g/mol. The van der Waals surface area contributed by atoms with Crippen LogP contribution < -0.4 is 0 Å². The van der Waals surface area contributed by atoms with Gasteiger partial charge in [0.1, 0.15) is 21.4 Å². The Bertz CT molecular complexity index is 1840. The van der Waals surface area contributed by atoms with E-state index in [9.17, 15) is 25.9 Å². The lowest BCUT2D eigenvalue weighted by Gasteiger charge is -2.10. The van der Waals surface area contributed by atoms with Crippen molar-refractivity contribution >= 4 is 42.3 Å². The average molecular weight is 499 g/mol. The minimum Gasteiger partial charge on any atom is -0.341 e. The van der Waals surface area contributed by atoms with E-state index in [1.807, 2.05) is 31.2 Å². The second kappa shape index (κ2) is 7.46. The summed E-state index contributed by atoms with van der Waals surface area (Å²) >= 11 is 0. The zero-order chi connectivity index (χ0) is 24.4. The summed E-state index contributed by atoms with van der Waals surface area (Å²) in [6.45, 7) is 3.52. The van der Waals surface area contributed by atoms with E-state index in [2.05, 4.69) is 19.9 Å². The number of aromatic nitrogens is 4. The summed E-state index contributed by atoms with van der Waals surface area (Å²) in [6, 6.07) is 13.0. The smallest absolute Gasteiger partial charge is 0.297 e. The zero-order valence-electron chi connectivity index (χ0n) is 17.9. The van der Waals surface area contributed by atoms with Crippen molar-refractivity contribution < 1.29 is 25.9 Å². The topological polar surface area (TPSA) is 166 Å². The summed E-state index contributed by atoms with van der Waals surface area (Å²) in [4.78, 5) is 13.5. The first-order chi connectivity index (χ1) is 15.9. The largest absolute Gasteiger partial charge is 0.341 e. The third-order valence-electron chi connectivity index (χ3n) is 5.43. The summed E-state index contributed by atoms with van der Waals surface area (Å²) in [5.41, 5.74) is 2.48. The Morgan fingerprint density at radius 3 is 2.21 bits per heavy atom. The highest BCUT2D eigenvalue weighted by atomic mass is 32.2. The van der Waals surface area contributed by atoms with Gasteiger partial charge in [-0.05, 0) is 43.7 Å². The molecule has 4 N–H and O–H groups in total. The third kappa shape index (κ3) is 3.76. The van der Waals surface area contributed by atoms with E-state index in [0.29, 0.717) is 17.2 Å². The number of fused-ring (bicyclic) bond motifs is 2. The maximum absolute atomic E-state index is 12.5. The fourth-order valence-corrected chi connectivity index (χ4v) is 5.61. The number of nitrogens with zero attached hydrogens (tertiary/aromatic N) is 2. The van der Waals surface area contributed by atoms with Gasteiger partial charge in [0.2, 0.25) is 0 Å². The van der Waals surface area contributed by atoms with E-state index in [1.54, 1.807) is 13.0 Å². The first-order valence-electron chi connectivity index (χ1n) is 9.97. The van der Waals surface area contributed by atoms with Crippen LogP contribution in [0.25, 0.3) is 44.6 Å². The second-order valence-corrected chi connectivity index (χ2v) is 10.7. The lowest BCUT2D eigenvalue weighted by molar-refractivity contribution is 0.482. The molecule has 0 aliphatic heterocycles. The normalized spacial score (nSPS) is 12.6. The Balaban J connectivity index is 1.83. The third-order valence-corrected chi connectivity index (χ3v) is 7.24. The van der Waals surface area contributed by atoms with Crippen LogP contribution in [0.4, 0.5) is 0 Å². The van der Waals surface area contributed by atoms with Crippen LogP contribution in [0.3, 0.4) is 0 Å². The predicted octanol–water partition coefficient (Wildman–Crippen LogP) is 3.88.